The Morgan fingerprint density at radius 3 is 2.47 bits per heavy atom. The van der Waals surface area contributed by atoms with Crippen LogP contribution in [0.2, 0.25) is 0 Å². The zero-order chi connectivity index (χ0) is 12.9. The average Bonchev–Trinajstić information content (AvgIpc) is 2.56. The van der Waals surface area contributed by atoms with E-state index < -0.39 is 14.3 Å². The van der Waals surface area contributed by atoms with E-state index >= 15 is 0 Å². The monoisotopic (exact) mass is 266 g/mol. The summed E-state index contributed by atoms with van der Waals surface area (Å²) < 4.78 is 17.4. The van der Waals surface area contributed by atoms with Crippen LogP contribution in [0.5, 0.6) is 0 Å². The van der Waals surface area contributed by atoms with E-state index in [0.717, 1.165) is 4.74 Å². The quantitative estimate of drug-likeness (QED) is 0.415. The first-order valence-electron chi connectivity index (χ1n) is 5.75. The molecule has 6 nitrogen and oxygen atoms in total. The van der Waals surface area contributed by atoms with Crippen molar-refractivity contribution in [2.45, 2.75) is 32.9 Å². The lowest BCUT2D eigenvalue weighted by Crippen LogP contribution is -2.43. The summed E-state index contributed by atoms with van der Waals surface area (Å²) in [4.78, 5) is 0. The van der Waals surface area contributed by atoms with Gasteiger partial charge in [-0.1, -0.05) is 0 Å². The normalized spacial score (nSPS) is 28.8. The van der Waals surface area contributed by atoms with Crippen molar-refractivity contribution in [2.24, 2.45) is 5.92 Å². The van der Waals surface area contributed by atoms with E-state index in [2.05, 4.69) is 0 Å². The number of nitrogens with zero attached hydrogens (tertiary/aromatic N) is 1. The molecule has 7 heteroatoms. The Kier molecular flexibility index (Phi) is 5.76. The van der Waals surface area contributed by atoms with Crippen LogP contribution < -0.4 is 0 Å². The van der Waals surface area contributed by atoms with Crippen molar-refractivity contribution in [3.8, 4) is 0 Å². The molecule has 0 aromatic heterocycles. The number of hydrogen-bond acceptors (Lipinski definition) is 5. The molecule has 0 saturated heterocycles. The lowest BCUT2D eigenvalue weighted by molar-refractivity contribution is -0.845. The molecule has 0 unspecified atom stereocenters. The van der Waals surface area contributed by atoms with Gasteiger partial charge >= 0.3 is 14.3 Å². The summed E-state index contributed by atoms with van der Waals surface area (Å²) >= 11 is 0. The van der Waals surface area contributed by atoms with Gasteiger partial charge in [-0.05, 0) is 18.6 Å². The third-order valence-corrected chi connectivity index (χ3v) is 4.18. The summed E-state index contributed by atoms with van der Waals surface area (Å²) in [6.07, 6.45) is 2.15. The SMILES string of the molecule is CCOP(OCC)O[C@]1(C)[C@H](CO)CC=[N+]1O. The second kappa shape index (κ2) is 6.61. The Labute approximate surface area is 103 Å². The number of rotatable bonds is 7. The van der Waals surface area contributed by atoms with Crippen LogP contribution in [0.1, 0.15) is 27.2 Å². The molecule has 0 radical (unpaired) electrons. The van der Waals surface area contributed by atoms with E-state index in [1.165, 1.54) is 0 Å². The van der Waals surface area contributed by atoms with E-state index in [-0.39, 0.29) is 12.5 Å². The molecule has 0 bridgehead atoms. The van der Waals surface area contributed by atoms with Gasteiger partial charge in [-0.3, -0.25) is 5.21 Å². The molecule has 2 N–H and O–H groups in total. The summed E-state index contributed by atoms with van der Waals surface area (Å²) in [5.41, 5.74) is -0.995. The Hall–Kier alpha value is -0.260. The predicted octanol–water partition coefficient (Wildman–Crippen LogP) is 1.50. The first-order chi connectivity index (χ1) is 8.08. The van der Waals surface area contributed by atoms with E-state index in [4.69, 9.17) is 13.6 Å². The molecule has 1 rings (SSSR count). The lowest BCUT2D eigenvalue weighted by atomic mass is 9.99. The summed E-state index contributed by atoms with van der Waals surface area (Å²) in [5.74, 6) is -0.196. The van der Waals surface area contributed by atoms with Gasteiger partial charge < -0.3 is 14.2 Å². The molecule has 0 fully saturated rings. The highest BCUT2D eigenvalue weighted by Crippen LogP contribution is 2.47. The number of aliphatic hydroxyl groups excluding tert-OH is 1. The molecular weight excluding hydrogens is 245 g/mol. The van der Waals surface area contributed by atoms with Gasteiger partial charge in [-0.2, -0.15) is 0 Å². The van der Waals surface area contributed by atoms with Crippen LogP contribution >= 0.6 is 8.60 Å². The second-order valence-electron chi connectivity index (χ2n) is 3.85. The van der Waals surface area contributed by atoms with Crippen molar-refractivity contribution in [1.29, 1.82) is 0 Å². The van der Waals surface area contributed by atoms with Gasteiger partial charge in [-0.25, -0.2) is 4.52 Å². The summed E-state index contributed by atoms with van der Waals surface area (Å²) in [5, 5.41) is 19.1. The van der Waals surface area contributed by atoms with Crippen molar-refractivity contribution in [3.63, 3.8) is 0 Å². The van der Waals surface area contributed by atoms with Gasteiger partial charge in [0.1, 0.15) is 0 Å². The fraction of sp³-hybridized carbons (Fsp3) is 0.900. The van der Waals surface area contributed by atoms with E-state index in [1.54, 1.807) is 13.1 Å². The molecule has 0 aromatic carbocycles. The van der Waals surface area contributed by atoms with Crippen LogP contribution in [0.3, 0.4) is 0 Å². The van der Waals surface area contributed by atoms with Crippen LogP contribution in [0.4, 0.5) is 0 Å². The van der Waals surface area contributed by atoms with Gasteiger partial charge in [0.05, 0.1) is 25.7 Å². The van der Waals surface area contributed by atoms with Crippen LogP contribution in [0.25, 0.3) is 0 Å². The molecule has 0 aromatic rings. The number of hydroxylamine groups is 1. The van der Waals surface area contributed by atoms with Crippen molar-refractivity contribution >= 4 is 14.8 Å². The van der Waals surface area contributed by atoms with E-state index in [9.17, 15) is 10.3 Å². The second-order valence-corrected chi connectivity index (χ2v) is 4.99. The maximum absolute atomic E-state index is 9.78. The smallest absolute Gasteiger partial charge is 0.338 e. The highest BCUT2D eigenvalue weighted by Gasteiger charge is 2.54. The van der Waals surface area contributed by atoms with Crippen LogP contribution in [0, 0.1) is 5.92 Å². The van der Waals surface area contributed by atoms with Crippen molar-refractivity contribution < 1.29 is 28.6 Å². The topological polar surface area (TPSA) is 71.2 Å². The first kappa shape index (κ1) is 14.8. The van der Waals surface area contributed by atoms with Gasteiger partial charge in [-0.15, -0.1) is 0 Å². The highest BCUT2D eigenvalue weighted by molar-refractivity contribution is 7.41. The minimum absolute atomic E-state index is 0.0640. The Bertz CT molecular complexity index is 269. The minimum Gasteiger partial charge on any atom is -0.396 e. The van der Waals surface area contributed by atoms with Crippen molar-refractivity contribution in [1.82, 2.24) is 0 Å². The average molecular weight is 266 g/mol. The number of aliphatic hydroxyl groups is 1. The third kappa shape index (κ3) is 3.36. The molecule has 1 aliphatic heterocycles. The van der Waals surface area contributed by atoms with Crippen LogP contribution in [0.15, 0.2) is 0 Å². The first-order valence-corrected chi connectivity index (χ1v) is 6.85. The van der Waals surface area contributed by atoms with Crippen LogP contribution in [-0.4, -0.2) is 46.8 Å². The largest absolute Gasteiger partial charge is 0.396 e. The van der Waals surface area contributed by atoms with Gasteiger partial charge in [0.25, 0.3) is 0 Å². The van der Waals surface area contributed by atoms with Crippen molar-refractivity contribution in [2.75, 3.05) is 19.8 Å². The molecule has 0 amide bonds. The molecular formula is C10H21NO5P+. The summed E-state index contributed by atoms with van der Waals surface area (Å²) in [6.45, 7) is 6.29. The molecule has 0 aliphatic carbocycles. The lowest BCUT2D eigenvalue weighted by Gasteiger charge is -2.26. The summed E-state index contributed by atoms with van der Waals surface area (Å²) in [6, 6.07) is 0. The third-order valence-electron chi connectivity index (χ3n) is 2.72. The highest BCUT2D eigenvalue weighted by atomic mass is 31.2. The van der Waals surface area contributed by atoms with E-state index in [1.807, 2.05) is 13.8 Å². The summed E-state index contributed by atoms with van der Waals surface area (Å²) in [7, 11) is -1.51. The van der Waals surface area contributed by atoms with E-state index in [0.29, 0.717) is 19.6 Å². The Balaban J connectivity index is 2.70. The molecule has 1 heterocycles. The zero-order valence-electron chi connectivity index (χ0n) is 10.5. The molecule has 2 atom stereocenters. The van der Waals surface area contributed by atoms with Crippen LogP contribution in [-0.2, 0) is 13.6 Å². The standard InChI is InChI=1S/C10H21NO5P/c1-4-14-17(15-5-2)16-10(3)9(8-12)6-7-11(10)13/h7,9,12-13H,4-6,8H2,1-3H3/q+1/t9-,10+/m0/s1. The van der Waals surface area contributed by atoms with Gasteiger partial charge in [0, 0.05) is 13.3 Å². The van der Waals surface area contributed by atoms with Gasteiger partial charge in [0.2, 0.25) is 0 Å². The molecule has 0 spiro atoms. The molecule has 0 saturated carbocycles. The molecule has 1 aliphatic rings. The van der Waals surface area contributed by atoms with Crippen molar-refractivity contribution in [3.05, 3.63) is 0 Å². The molecule has 100 valence electrons. The van der Waals surface area contributed by atoms with Gasteiger partial charge in [0.15, 0.2) is 6.21 Å². The zero-order valence-corrected chi connectivity index (χ0v) is 11.4. The Morgan fingerprint density at radius 1 is 1.41 bits per heavy atom. The minimum atomic E-state index is -1.51. The fourth-order valence-corrected chi connectivity index (χ4v) is 2.76. The predicted molar refractivity (Wildman–Crippen MR) is 63.0 cm³/mol. The maximum Gasteiger partial charge on any atom is 0.338 e. The fourth-order valence-electron chi connectivity index (χ4n) is 1.63. The number of hydrogen-bond donors (Lipinski definition) is 2. The molecule has 17 heavy (non-hydrogen) atoms. The Morgan fingerprint density at radius 2 is 2.00 bits per heavy atom. The maximum atomic E-state index is 9.78.